The summed E-state index contributed by atoms with van der Waals surface area (Å²) in [6, 6.07) is 12.1. The SMILES string of the molecule is CCOC(=O)CNC(=O)NCC1CN(Cc2ccc(F)cc2)CCN1C(=O)COc1ccc(Cl)cc1. The molecule has 2 N–H and O–H groups in total. The molecule has 0 radical (unpaired) electrons. The lowest BCUT2D eigenvalue weighted by Gasteiger charge is -2.41. The fourth-order valence-electron chi connectivity index (χ4n) is 3.81. The van der Waals surface area contributed by atoms with Crippen LogP contribution in [0.1, 0.15) is 12.5 Å². The van der Waals surface area contributed by atoms with Gasteiger partial charge in [0.05, 0.1) is 12.6 Å². The quantitative estimate of drug-likeness (QED) is 0.467. The summed E-state index contributed by atoms with van der Waals surface area (Å²) in [6.07, 6.45) is 0. The summed E-state index contributed by atoms with van der Waals surface area (Å²) in [5, 5.41) is 5.74. The van der Waals surface area contributed by atoms with Crippen molar-refractivity contribution in [3.8, 4) is 5.75 Å². The molecule has 3 rings (SSSR count). The Morgan fingerprint density at radius 2 is 1.78 bits per heavy atom. The van der Waals surface area contributed by atoms with Gasteiger partial charge in [-0.05, 0) is 48.9 Å². The summed E-state index contributed by atoms with van der Waals surface area (Å²) in [5.74, 6) is -0.529. The number of esters is 1. The van der Waals surface area contributed by atoms with Crippen LogP contribution in [0.5, 0.6) is 5.75 Å². The van der Waals surface area contributed by atoms with Crippen molar-refractivity contribution in [2.45, 2.75) is 19.5 Å². The van der Waals surface area contributed by atoms with E-state index in [1.54, 1.807) is 48.2 Å². The van der Waals surface area contributed by atoms with E-state index in [1.165, 1.54) is 12.1 Å². The molecule has 0 bridgehead atoms. The summed E-state index contributed by atoms with van der Waals surface area (Å²) in [5.41, 5.74) is 0.945. The Balaban J connectivity index is 1.59. The minimum Gasteiger partial charge on any atom is -0.484 e. The minimum atomic E-state index is -0.538. The maximum Gasteiger partial charge on any atom is 0.325 e. The number of urea groups is 1. The van der Waals surface area contributed by atoms with E-state index in [0.29, 0.717) is 37.0 Å². The molecular weight excluding hydrogens is 491 g/mol. The van der Waals surface area contributed by atoms with E-state index in [1.807, 2.05) is 0 Å². The van der Waals surface area contributed by atoms with E-state index in [4.69, 9.17) is 21.1 Å². The van der Waals surface area contributed by atoms with Crippen molar-refractivity contribution in [1.29, 1.82) is 0 Å². The van der Waals surface area contributed by atoms with Crippen LogP contribution in [0.15, 0.2) is 48.5 Å². The van der Waals surface area contributed by atoms with Gasteiger partial charge in [0, 0.05) is 37.7 Å². The lowest BCUT2D eigenvalue weighted by atomic mass is 10.1. The Labute approximate surface area is 214 Å². The predicted molar refractivity (Wildman–Crippen MR) is 132 cm³/mol. The van der Waals surface area contributed by atoms with Gasteiger partial charge < -0.3 is 25.0 Å². The Morgan fingerprint density at radius 3 is 2.47 bits per heavy atom. The molecule has 3 amide bonds. The molecule has 11 heteroatoms. The number of nitrogens with one attached hydrogen (secondary N) is 2. The van der Waals surface area contributed by atoms with E-state index in [0.717, 1.165) is 5.56 Å². The average Bonchev–Trinajstić information content (AvgIpc) is 2.87. The molecule has 2 aromatic rings. The highest BCUT2D eigenvalue weighted by Gasteiger charge is 2.31. The number of carbonyl (C=O) groups is 3. The van der Waals surface area contributed by atoms with Gasteiger partial charge in [0.1, 0.15) is 18.1 Å². The maximum absolute atomic E-state index is 13.3. The van der Waals surface area contributed by atoms with Crippen molar-refractivity contribution in [3.63, 3.8) is 0 Å². The summed E-state index contributed by atoms with van der Waals surface area (Å²) in [7, 11) is 0. The minimum absolute atomic E-state index is 0.162. The molecule has 2 aromatic carbocycles. The molecule has 36 heavy (non-hydrogen) atoms. The van der Waals surface area contributed by atoms with E-state index in [9.17, 15) is 18.8 Å². The molecule has 1 atom stereocenters. The largest absolute Gasteiger partial charge is 0.484 e. The molecule has 0 saturated carbocycles. The van der Waals surface area contributed by atoms with Gasteiger partial charge in [-0.2, -0.15) is 0 Å². The number of nitrogens with zero attached hydrogens (tertiary/aromatic N) is 2. The average molecular weight is 521 g/mol. The highest BCUT2D eigenvalue weighted by molar-refractivity contribution is 6.30. The van der Waals surface area contributed by atoms with Crippen LogP contribution in [0.25, 0.3) is 0 Å². The van der Waals surface area contributed by atoms with Crippen LogP contribution in [0.4, 0.5) is 9.18 Å². The smallest absolute Gasteiger partial charge is 0.325 e. The fraction of sp³-hybridized carbons (Fsp3) is 0.400. The first-order valence-corrected chi connectivity index (χ1v) is 12.0. The molecule has 1 aliphatic heterocycles. The molecule has 1 saturated heterocycles. The third-order valence-electron chi connectivity index (χ3n) is 5.58. The number of ether oxygens (including phenoxy) is 2. The van der Waals surface area contributed by atoms with Gasteiger partial charge in [-0.25, -0.2) is 9.18 Å². The summed E-state index contributed by atoms with van der Waals surface area (Å²) >= 11 is 5.89. The zero-order chi connectivity index (χ0) is 25.9. The third kappa shape index (κ3) is 8.69. The fourth-order valence-corrected chi connectivity index (χ4v) is 3.94. The normalized spacial score (nSPS) is 15.8. The molecule has 194 valence electrons. The first-order valence-electron chi connectivity index (χ1n) is 11.7. The third-order valence-corrected chi connectivity index (χ3v) is 5.83. The molecule has 1 fully saturated rings. The van der Waals surface area contributed by atoms with E-state index in [2.05, 4.69) is 15.5 Å². The zero-order valence-corrected chi connectivity index (χ0v) is 20.8. The maximum atomic E-state index is 13.3. The van der Waals surface area contributed by atoms with Gasteiger partial charge in [0.25, 0.3) is 5.91 Å². The first kappa shape index (κ1) is 27.2. The molecule has 1 heterocycles. The topological polar surface area (TPSA) is 100 Å². The van der Waals surface area contributed by atoms with Crippen LogP contribution in [0, 0.1) is 5.82 Å². The van der Waals surface area contributed by atoms with Gasteiger partial charge >= 0.3 is 12.0 Å². The van der Waals surface area contributed by atoms with Gasteiger partial charge in [-0.1, -0.05) is 23.7 Å². The second kappa shape index (κ2) is 13.6. The highest BCUT2D eigenvalue weighted by atomic mass is 35.5. The van der Waals surface area contributed by atoms with Crippen molar-refractivity contribution in [2.24, 2.45) is 0 Å². The van der Waals surface area contributed by atoms with Gasteiger partial charge in [-0.3, -0.25) is 14.5 Å². The molecule has 0 aliphatic carbocycles. The lowest BCUT2D eigenvalue weighted by Crippen LogP contribution is -2.59. The molecule has 1 unspecified atom stereocenters. The van der Waals surface area contributed by atoms with Crippen LogP contribution in [0.3, 0.4) is 0 Å². The zero-order valence-electron chi connectivity index (χ0n) is 20.0. The van der Waals surface area contributed by atoms with Crippen molar-refractivity contribution in [1.82, 2.24) is 20.4 Å². The van der Waals surface area contributed by atoms with Crippen LogP contribution in [-0.2, 0) is 20.9 Å². The summed E-state index contributed by atoms with van der Waals surface area (Å²) in [4.78, 5) is 40.5. The number of hydrogen-bond acceptors (Lipinski definition) is 6. The molecule has 0 aromatic heterocycles. The number of carbonyl (C=O) groups excluding carboxylic acids is 3. The number of rotatable bonds is 10. The number of benzene rings is 2. The number of halogens is 2. The Kier molecular flexibility index (Phi) is 10.3. The molecule has 9 nitrogen and oxygen atoms in total. The Hall–Kier alpha value is -3.37. The monoisotopic (exact) mass is 520 g/mol. The second-order valence-electron chi connectivity index (χ2n) is 8.21. The van der Waals surface area contributed by atoms with Crippen LogP contribution in [0.2, 0.25) is 5.02 Å². The van der Waals surface area contributed by atoms with Crippen molar-refractivity contribution in [3.05, 3.63) is 64.9 Å². The van der Waals surface area contributed by atoms with Crippen molar-refractivity contribution < 1.29 is 28.2 Å². The number of amides is 3. The Bertz CT molecular complexity index is 1020. The molecular formula is C25H30ClFN4O5. The van der Waals surface area contributed by atoms with Crippen molar-refractivity contribution in [2.75, 3.05) is 45.9 Å². The van der Waals surface area contributed by atoms with Gasteiger partial charge in [0.15, 0.2) is 6.61 Å². The lowest BCUT2D eigenvalue weighted by molar-refractivity contribution is -0.141. The standard InChI is InChI=1S/C25H30ClFN4O5/c1-2-35-24(33)14-29-25(34)28-13-21-16-30(15-18-3-7-20(27)8-4-18)11-12-31(21)23(32)17-36-22-9-5-19(26)6-10-22/h3-10,21H,2,11-17H2,1H3,(H2,28,29,34). The van der Waals surface area contributed by atoms with Gasteiger partial charge in [0.2, 0.25) is 0 Å². The summed E-state index contributed by atoms with van der Waals surface area (Å²) < 4.78 is 23.7. The van der Waals surface area contributed by atoms with E-state index >= 15 is 0 Å². The molecule has 1 aliphatic rings. The van der Waals surface area contributed by atoms with Gasteiger partial charge in [-0.15, -0.1) is 0 Å². The molecule has 0 spiro atoms. The summed E-state index contributed by atoms with van der Waals surface area (Å²) in [6.45, 7) is 3.77. The number of hydrogen-bond donors (Lipinski definition) is 2. The van der Waals surface area contributed by atoms with E-state index < -0.39 is 12.0 Å². The Morgan fingerprint density at radius 1 is 1.06 bits per heavy atom. The number of piperazine rings is 1. The van der Waals surface area contributed by atoms with Crippen LogP contribution in [-0.4, -0.2) is 79.7 Å². The van der Waals surface area contributed by atoms with E-state index in [-0.39, 0.29) is 44.1 Å². The second-order valence-corrected chi connectivity index (χ2v) is 8.65. The first-order chi connectivity index (χ1) is 17.3. The predicted octanol–water partition coefficient (Wildman–Crippen LogP) is 2.43. The van der Waals surface area contributed by atoms with Crippen molar-refractivity contribution >= 4 is 29.5 Å². The van der Waals surface area contributed by atoms with Crippen LogP contribution < -0.4 is 15.4 Å². The van der Waals surface area contributed by atoms with Crippen LogP contribution >= 0.6 is 11.6 Å². The highest BCUT2D eigenvalue weighted by Crippen LogP contribution is 2.17.